The van der Waals surface area contributed by atoms with Crippen molar-refractivity contribution in [3.8, 4) is 0 Å². The molecule has 0 aliphatic heterocycles. The fourth-order valence-corrected chi connectivity index (χ4v) is 1.48. The topological polar surface area (TPSA) is 156 Å². The van der Waals surface area contributed by atoms with E-state index in [4.69, 9.17) is 20.4 Å². The third-order valence-electron chi connectivity index (χ3n) is 2.17. The van der Waals surface area contributed by atoms with E-state index in [-0.39, 0.29) is 178 Å². The van der Waals surface area contributed by atoms with Gasteiger partial charge in [-0.05, 0) is 0 Å². The third-order valence-corrected chi connectivity index (χ3v) is 2.17. The summed E-state index contributed by atoms with van der Waals surface area (Å²) in [7, 11) is 0. The summed E-state index contributed by atoms with van der Waals surface area (Å²) < 4.78 is 0. The fourth-order valence-electron chi connectivity index (χ4n) is 1.48. The Balaban J connectivity index is -0.0000000328. The molecule has 0 radical (unpaired) electrons. The number of aliphatic carboxylic acids is 4. The Bertz CT molecular complexity index is 359. The van der Waals surface area contributed by atoms with E-state index in [9.17, 15) is 19.2 Å². The first-order valence-electron chi connectivity index (χ1n) is 5.52. The maximum absolute atomic E-state index is 10.6. The van der Waals surface area contributed by atoms with Crippen molar-refractivity contribution in [3.05, 3.63) is 0 Å². The normalized spacial score (nSPS) is 8.56. The number of hydrogen-bond acceptors (Lipinski definition) is 6. The van der Waals surface area contributed by atoms with Gasteiger partial charge in [0.25, 0.3) is 0 Å². The first-order chi connectivity index (χ1) is 9.20. The molecule has 0 aromatic heterocycles. The molecule has 10 nitrogen and oxygen atoms in total. The molecule has 0 atom stereocenters. The Kier molecular flexibility index (Phi) is 42.4. The molecule has 0 aromatic carbocycles. The molecule has 0 amide bonds. The second kappa shape index (κ2) is 25.1. The number of hydrogen-bond donors (Lipinski definition) is 4. The molecule has 0 bridgehead atoms. The van der Waals surface area contributed by atoms with Crippen molar-refractivity contribution >= 4 is 61.6 Å². The van der Waals surface area contributed by atoms with Gasteiger partial charge in [-0.1, -0.05) is 0 Å². The maximum Gasteiger partial charge on any atom is 2.00 e. The van der Waals surface area contributed by atoms with Crippen molar-refractivity contribution in [2.24, 2.45) is 0 Å². The van der Waals surface area contributed by atoms with Crippen LogP contribution in [0.4, 0.5) is 0 Å². The predicted molar refractivity (Wildman–Crippen MR) is 75.8 cm³/mol. The number of carbonyl (C=O) groups is 4. The third kappa shape index (κ3) is 29.4. The van der Waals surface area contributed by atoms with Crippen LogP contribution in [0.3, 0.4) is 0 Å². The quantitative estimate of drug-likeness (QED) is 0.232. The number of rotatable bonds is 11. The molecular formula is C10H22CaN2Na4O8. The van der Waals surface area contributed by atoms with E-state index in [1.54, 1.807) is 0 Å². The molecule has 0 fully saturated rings. The van der Waals surface area contributed by atoms with Crippen LogP contribution < -0.4 is 118 Å². The zero-order valence-electron chi connectivity index (χ0n) is 21.3. The van der Waals surface area contributed by atoms with Crippen molar-refractivity contribution in [1.82, 2.24) is 9.80 Å². The number of carboxylic acids is 4. The monoisotopic (exact) mass is 430 g/mol. The van der Waals surface area contributed by atoms with Crippen molar-refractivity contribution in [2.75, 3.05) is 39.3 Å². The second-order valence-electron chi connectivity index (χ2n) is 4.00. The molecule has 0 aliphatic rings. The summed E-state index contributed by atoms with van der Waals surface area (Å²) in [5.41, 5.74) is 0. The molecule has 0 spiro atoms. The van der Waals surface area contributed by atoms with E-state index in [1.165, 1.54) is 0 Å². The van der Waals surface area contributed by atoms with Gasteiger partial charge in [0.15, 0.2) is 0 Å². The SMILES string of the molecule is O=C(O)CN(CCN(CC(=O)O)CC(=O)O)CC(=O)O.[Ca+2].[H-].[H-].[H-].[H-].[H-].[H-].[Na+].[Na+].[Na+].[Na+]. The van der Waals surface area contributed by atoms with Gasteiger partial charge in [0.2, 0.25) is 0 Å². The molecule has 0 rings (SSSR count). The van der Waals surface area contributed by atoms with Crippen LogP contribution in [-0.2, 0) is 19.2 Å². The van der Waals surface area contributed by atoms with Crippen LogP contribution in [0.15, 0.2) is 0 Å². The molecular weight excluding hydrogens is 408 g/mol. The zero-order valence-corrected chi connectivity index (χ0v) is 25.5. The Morgan fingerprint density at radius 2 is 0.720 bits per heavy atom. The molecule has 0 saturated heterocycles. The number of nitrogens with zero attached hydrogens (tertiary/aromatic N) is 2. The summed E-state index contributed by atoms with van der Waals surface area (Å²) >= 11 is 0. The average Bonchev–Trinajstić information content (AvgIpc) is 2.22. The largest absolute Gasteiger partial charge is 2.00 e. The van der Waals surface area contributed by atoms with Gasteiger partial charge in [0, 0.05) is 13.1 Å². The molecule has 4 N–H and O–H groups in total. The van der Waals surface area contributed by atoms with Crippen LogP contribution in [0.2, 0.25) is 0 Å². The van der Waals surface area contributed by atoms with Gasteiger partial charge in [-0.2, -0.15) is 0 Å². The molecule has 25 heavy (non-hydrogen) atoms. The summed E-state index contributed by atoms with van der Waals surface area (Å²) in [6.07, 6.45) is 0. The van der Waals surface area contributed by atoms with Crippen molar-refractivity contribution < 1.29 is 166 Å². The second-order valence-corrected chi connectivity index (χ2v) is 4.00. The van der Waals surface area contributed by atoms with Crippen LogP contribution in [0, 0.1) is 0 Å². The van der Waals surface area contributed by atoms with Gasteiger partial charge >= 0.3 is 180 Å². The molecule has 126 valence electrons. The van der Waals surface area contributed by atoms with Gasteiger partial charge in [-0.3, -0.25) is 29.0 Å². The maximum atomic E-state index is 10.6. The van der Waals surface area contributed by atoms with Gasteiger partial charge in [0.05, 0.1) is 26.2 Å². The van der Waals surface area contributed by atoms with Crippen molar-refractivity contribution in [2.45, 2.75) is 0 Å². The minimum absolute atomic E-state index is 0. The predicted octanol–water partition coefficient (Wildman–Crippen LogP) is -13.8. The molecule has 0 unspecified atom stereocenters. The first kappa shape index (κ1) is 42.2. The van der Waals surface area contributed by atoms with E-state index >= 15 is 0 Å². The molecule has 15 heteroatoms. The number of carboxylic acid groups (broad SMARTS) is 4. The molecule has 0 heterocycles. The van der Waals surface area contributed by atoms with E-state index in [0.717, 1.165) is 9.80 Å². The Hall–Kier alpha value is 3.06. The molecule has 0 saturated carbocycles. The minimum Gasteiger partial charge on any atom is -1.00 e. The fraction of sp³-hybridized carbons (Fsp3) is 0.600. The minimum atomic E-state index is -1.23. The van der Waals surface area contributed by atoms with Crippen LogP contribution >= 0.6 is 0 Å². The van der Waals surface area contributed by atoms with Crippen LogP contribution in [0.5, 0.6) is 0 Å². The van der Waals surface area contributed by atoms with Gasteiger partial charge in [-0.15, -0.1) is 0 Å². The van der Waals surface area contributed by atoms with Crippen molar-refractivity contribution in [3.63, 3.8) is 0 Å². The van der Waals surface area contributed by atoms with E-state index < -0.39 is 50.1 Å². The van der Waals surface area contributed by atoms with E-state index in [2.05, 4.69) is 0 Å². The smallest absolute Gasteiger partial charge is 1.00 e. The summed E-state index contributed by atoms with van der Waals surface area (Å²) in [5.74, 6) is -4.91. The summed E-state index contributed by atoms with van der Waals surface area (Å²) in [4.78, 5) is 44.4. The van der Waals surface area contributed by atoms with Crippen LogP contribution in [0.25, 0.3) is 0 Å². The molecule has 0 aliphatic carbocycles. The molecule has 0 aromatic rings. The zero-order chi connectivity index (χ0) is 15.7. The van der Waals surface area contributed by atoms with Crippen molar-refractivity contribution in [1.29, 1.82) is 0 Å². The average molecular weight is 430 g/mol. The van der Waals surface area contributed by atoms with E-state index in [0.29, 0.717) is 0 Å². The van der Waals surface area contributed by atoms with Gasteiger partial charge < -0.3 is 29.0 Å². The standard InChI is InChI=1S/C10H16N2O8.Ca.4Na.6H/c13-7(14)3-11(4-8(15)16)1-2-12(5-9(17)18)6-10(19)20;;;;;;;;;;;/h1-6H2,(H,13,14)(H,15,16)(H,17,18)(H,19,20);;;;;;;;;;;/q;+2;4*+1;6*-1. The first-order valence-corrected chi connectivity index (χ1v) is 5.52. The van der Waals surface area contributed by atoms with Crippen LogP contribution in [0.1, 0.15) is 8.56 Å². The van der Waals surface area contributed by atoms with Gasteiger partial charge in [-0.25, -0.2) is 0 Å². The Morgan fingerprint density at radius 1 is 0.560 bits per heavy atom. The van der Waals surface area contributed by atoms with Crippen LogP contribution in [-0.4, -0.2) is 131 Å². The van der Waals surface area contributed by atoms with E-state index in [1.807, 2.05) is 0 Å². The summed E-state index contributed by atoms with van der Waals surface area (Å²) in [5, 5.41) is 34.5. The van der Waals surface area contributed by atoms with Gasteiger partial charge in [0.1, 0.15) is 0 Å². The summed E-state index contributed by atoms with van der Waals surface area (Å²) in [6, 6.07) is 0. The Labute approximate surface area is 272 Å². The Morgan fingerprint density at radius 3 is 0.840 bits per heavy atom. The summed E-state index contributed by atoms with van der Waals surface area (Å²) in [6.45, 7) is -2.25.